The first-order chi connectivity index (χ1) is 6.02. The van der Waals surface area contributed by atoms with E-state index in [1.54, 1.807) is 0 Å². The van der Waals surface area contributed by atoms with Crippen molar-refractivity contribution in [2.24, 2.45) is 5.92 Å². The zero-order valence-electron chi connectivity index (χ0n) is 9.55. The summed E-state index contributed by atoms with van der Waals surface area (Å²) in [5.41, 5.74) is -0.430. The van der Waals surface area contributed by atoms with Gasteiger partial charge in [-0.25, -0.2) is 0 Å². The molecule has 1 aliphatic rings. The lowest BCUT2D eigenvalue weighted by atomic mass is 9.76. The fraction of sp³-hybridized carbons (Fsp3) is 1.00. The van der Waals surface area contributed by atoms with E-state index in [1.165, 1.54) is 19.3 Å². The van der Waals surface area contributed by atoms with Gasteiger partial charge in [-0.05, 0) is 25.7 Å². The third-order valence-corrected chi connectivity index (χ3v) is 3.14. The second-order valence-electron chi connectivity index (χ2n) is 4.86. The van der Waals surface area contributed by atoms with Gasteiger partial charge in [0.2, 0.25) is 0 Å². The van der Waals surface area contributed by atoms with E-state index < -0.39 is 5.60 Å². The lowest BCUT2D eigenvalue weighted by Crippen LogP contribution is -2.44. The first-order valence-electron chi connectivity index (χ1n) is 5.48. The van der Waals surface area contributed by atoms with Crippen molar-refractivity contribution in [1.82, 2.24) is 5.32 Å². The molecule has 0 radical (unpaired) electrons. The molecule has 0 aliphatic heterocycles. The van der Waals surface area contributed by atoms with E-state index in [0.717, 1.165) is 13.0 Å². The summed E-state index contributed by atoms with van der Waals surface area (Å²) in [5.74, 6) is 0.448. The fourth-order valence-corrected chi connectivity index (χ4v) is 2.09. The van der Waals surface area contributed by atoms with Crippen molar-refractivity contribution < 1.29 is 5.11 Å². The molecule has 0 heterocycles. The lowest BCUT2D eigenvalue weighted by Gasteiger charge is -2.37. The Labute approximate surface area is 93.9 Å². The molecule has 0 saturated heterocycles. The van der Waals surface area contributed by atoms with Crippen LogP contribution in [0.3, 0.4) is 0 Å². The first kappa shape index (κ1) is 14.2. The van der Waals surface area contributed by atoms with Crippen LogP contribution >= 0.6 is 12.4 Å². The van der Waals surface area contributed by atoms with Gasteiger partial charge >= 0.3 is 0 Å². The van der Waals surface area contributed by atoms with E-state index >= 15 is 0 Å². The van der Waals surface area contributed by atoms with Gasteiger partial charge in [-0.2, -0.15) is 0 Å². The molecule has 0 aromatic heterocycles. The van der Waals surface area contributed by atoms with Crippen LogP contribution in [0.25, 0.3) is 0 Å². The maximum absolute atomic E-state index is 10.1. The van der Waals surface area contributed by atoms with Gasteiger partial charge in [0.25, 0.3) is 0 Å². The second-order valence-corrected chi connectivity index (χ2v) is 4.86. The molecule has 0 spiro atoms. The maximum atomic E-state index is 10.1. The highest BCUT2D eigenvalue weighted by Gasteiger charge is 2.33. The second kappa shape index (κ2) is 5.94. The van der Waals surface area contributed by atoms with Gasteiger partial charge in [-0.3, -0.25) is 0 Å². The monoisotopic (exact) mass is 221 g/mol. The standard InChI is InChI=1S/C11H23NO.ClH/c1-9(2)12-8-10-6-4-5-7-11(10,3)13;/h9-10,12-13H,4-8H2,1-3H3;1H/t10-,11-;/m0./s1. The Balaban J connectivity index is 0.00000169. The minimum absolute atomic E-state index is 0. The molecule has 2 nitrogen and oxygen atoms in total. The topological polar surface area (TPSA) is 32.3 Å². The molecule has 0 unspecified atom stereocenters. The molecule has 2 N–H and O–H groups in total. The molecule has 1 saturated carbocycles. The van der Waals surface area contributed by atoms with Crippen molar-refractivity contribution in [2.75, 3.05) is 6.54 Å². The van der Waals surface area contributed by atoms with E-state index in [1.807, 2.05) is 6.92 Å². The summed E-state index contributed by atoms with van der Waals surface area (Å²) >= 11 is 0. The third-order valence-electron chi connectivity index (χ3n) is 3.14. The van der Waals surface area contributed by atoms with Gasteiger partial charge in [-0.1, -0.05) is 26.7 Å². The van der Waals surface area contributed by atoms with Crippen LogP contribution in [0.1, 0.15) is 46.5 Å². The van der Waals surface area contributed by atoms with Crippen LogP contribution in [0.5, 0.6) is 0 Å². The zero-order valence-corrected chi connectivity index (χ0v) is 10.4. The summed E-state index contributed by atoms with van der Waals surface area (Å²) in [5, 5.41) is 13.5. The Hall–Kier alpha value is 0.210. The van der Waals surface area contributed by atoms with Crippen molar-refractivity contribution in [1.29, 1.82) is 0 Å². The smallest absolute Gasteiger partial charge is 0.0659 e. The van der Waals surface area contributed by atoms with E-state index in [-0.39, 0.29) is 12.4 Å². The molecule has 1 aliphatic carbocycles. The Morgan fingerprint density at radius 3 is 2.57 bits per heavy atom. The van der Waals surface area contributed by atoms with Crippen molar-refractivity contribution in [3.8, 4) is 0 Å². The number of hydrogen-bond donors (Lipinski definition) is 2. The Morgan fingerprint density at radius 1 is 1.43 bits per heavy atom. The van der Waals surface area contributed by atoms with Crippen LogP contribution < -0.4 is 5.32 Å². The molecule has 14 heavy (non-hydrogen) atoms. The normalized spacial score (nSPS) is 32.8. The third kappa shape index (κ3) is 4.16. The van der Waals surface area contributed by atoms with Gasteiger partial charge in [0.05, 0.1) is 5.60 Å². The highest BCUT2D eigenvalue weighted by atomic mass is 35.5. The average molecular weight is 222 g/mol. The van der Waals surface area contributed by atoms with Crippen molar-refractivity contribution in [3.63, 3.8) is 0 Å². The number of nitrogens with one attached hydrogen (secondary N) is 1. The van der Waals surface area contributed by atoms with Crippen LogP contribution in [0.4, 0.5) is 0 Å². The highest BCUT2D eigenvalue weighted by molar-refractivity contribution is 5.85. The lowest BCUT2D eigenvalue weighted by molar-refractivity contribution is -0.0314. The highest BCUT2D eigenvalue weighted by Crippen LogP contribution is 2.32. The molecule has 3 heteroatoms. The molecular weight excluding hydrogens is 198 g/mol. The molecule has 1 fully saturated rings. The Bertz CT molecular complexity index is 159. The molecule has 0 aromatic carbocycles. The molecule has 2 atom stereocenters. The molecule has 1 rings (SSSR count). The number of hydrogen-bond acceptors (Lipinski definition) is 2. The fourth-order valence-electron chi connectivity index (χ4n) is 2.09. The number of halogens is 1. The average Bonchev–Trinajstić information content (AvgIpc) is 2.01. The SMILES string of the molecule is CC(C)NC[C@@H]1CCCC[C@]1(C)O.Cl. The maximum Gasteiger partial charge on any atom is 0.0659 e. The summed E-state index contributed by atoms with van der Waals surface area (Å²) in [7, 11) is 0. The zero-order chi connectivity index (χ0) is 9.90. The number of rotatable bonds is 3. The van der Waals surface area contributed by atoms with Gasteiger partial charge < -0.3 is 10.4 Å². The largest absolute Gasteiger partial charge is 0.390 e. The predicted octanol–water partition coefficient (Wildman–Crippen LogP) is 2.35. The summed E-state index contributed by atoms with van der Waals surface area (Å²) in [6.45, 7) is 7.25. The molecule has 86 valence electrons. The molecule has 0 amide bonds. The van der Waals surface area contributed by atoms with Crippen molar-refractivity contribution in [2.45, 2.75) is 58.1 Å². The van der Waals surface area contributed by atoms with Crippen LogP contribution in [-0.4, -0.2) is 23.3 Å². The number of aliphatic hydroxyl groups is 1. The summed E-state index contributed by atoms with van der Waals surface area (Å²) in [6, 6.07) is 0.526. The van der Waals surface area contributed by atoms with Crippen LogP contribution in [-0.2, 0) is 0 Å². The van der Waals surface area contributed by atoms with Gasteiger partial charge in [0.15, 0.2) is 0 Å². The first-order valence-corrected chi connectivity index (χ1v) is 5.48. The van der Waals surface area contributed by atoms with E-state index in [4.69, 9.17) is 0 Å². The Kier molecular flexibility index (Phi) is 6.03. The molecule has 0 aromatic rings. The van der Waals surface area contributed by atoms with Crippen LogP contribution in [0.2, 0.25) is 0 Å². The summed E-state index contributed by atoms with van der Waals surface area (Å²) in [6.07, 6.45) is 4.61. The predicted molar refractivity (Wildman–Crippen MR) is 63.0 cm³/mol. The minimum atomic E-state index is -0.430. The Morgan fingerprint density at radius 2 is 2.07 bits per heavy atom. The van der Waals surface area contributed by atoms with Gasteiger partial charge in [0, 0.05) is 12.6 Å². The minimum Gasteiger partial charge on any atom is -0.390 e. The van der Waals surface area contributed by atoms with E-state index in [2.05, 4.69) is 19.2 Å². The van der Waals surface area contributed by atoms with E-state index in [0.29, 0.717) is 12.0 Å². The van der Waals surface area contributed by atoms with Gasteiger partial charge in [0.1, 0.15) is 0 Å². The summed E-state index contributed by atoms with van der Waals surface area (Å²) < 4.78 is 0. The van der Waals surface area contributed by atoms with Crippen LogP contribution in [0, 0.1) is 5.92 Å². The van der Waals surface area contributed by atoms with Gasteiger partial charge in [-0.15, -0.1) is 12.4 Å². The van der Waals surface area contributed by atoms with E-state index in [9.17, 15) is 5.11 Å². The van der Waals surface area contributed by atoms with Crippen LogP contribution in [0.15, 0.2) is 0 Å². The quantitative estimate of drug-likeness (QED) is 0.767. The van der Waals surface area contributed by atoms with Crippen molar-refractivity contribution >= 4 is 12.4 Å². The molecular formula is C11H24ClNO. The van der Waals surface area contributed by atoms with Crippen molar-refractivity contribution in [3.05, 3.63) is 0 Å². The molecule has 0 bridgehead atoms. The summed E-state index contributed by atoms with van der Waals surface area (Å²) in [4.78, 5) is 0.